The van der Waals surface area contributed by atoms with Crippen LogP contribution >= 0.6 is 11.6 Å². The van der Waals surface area contributed by atoms with Crippen molar-refractivity contribution >= 4 is 28.2 Å². The molecule has 0 aliphatic heterocycles. The maximum absolute atomic E-state index is 11.0. The molecule has 1 aromatic heterocycles. The summed E-state index contributed by atoms with van der Waals surface area (Å²) < 4.78 is 11.0. The number of nitrogens with zero attached hydrogens (tertiary/aromatic N) is 2. The SMILES string of the molecule is Cc1nc(Cl)c(C)c(NC(C)CCS(C)=O)n1. The highest BCUT2D eigenvalue weighted by Gasteiger charge is 2.10. The average Bonchev–Trinajstić information content (AvgIpc) is 2.22. The number of hydrogen-bond donors (Lipinski definition) is 1. The van der Waals surface area contributed by atoms with E-state index in [4.69, 9.17) is 11.6 Å². The molecule has 2 atom stereocenters. The van der Waals surface area contributed by atoms with Crippen molar-refractivity contribution in [3.8, 4) is 0 Å². The van der Waals surface area contributed by atoms with Gasteiger partial charge in [-0.25, -0.2) is 9.97 Å². The number of halogens is 1. The van der Waals surface area contributed by atoms with Crippen molar-refractivity contribution in [2.75, 3.05) is 17.3 Å². The lowest BCUT2D eigenvalue weighted by Crippen LogP contribution is -2.19. The van der Waals surface area contributed by atoms with E-state index in [0.717, 1.165) is 17.8 Å². The highest BCUT2D eigenvalue weighted by Crippen LogP contribution is 2.20. The Labute approximate surface area is 110 Å². The van der Waals surface area contributed by atoms with Gasteiger partial charge in [0.25, 0.3) is 0 Å². The maximum atomic E-state index is 11.0. The molecule has 0 saturated carbocycles. The second-order valence-electron chi connectivity index (χ2n) is 4.15. The minimum Gasteiger partial charge on any atom is -0.367 e. The Bertz CT molecular complexity index is 425. The van der Waals surface area contributed by atoms with Crippen LogP contribution in [0.4, 0.5) is 5.82 Å². The third kappa shape index (κ3) is 4.60. The number of nitrogens with one attached hydrogen (secondary N) is 1. The van der Waals surface area contributed by atoms with Crippen molar-refractivity contribution in [3.05, 3.63) is 16.5 Å². The molecule has 1 rings (SSSR count). The van der Waals surface area contributed by atoms with Gasteiger partial charge in [0.05, 0.1) is 0 Å². The average molecular weight is 276 g/mol. The van der Waals surface area contributed by atoms with Crippen molar-refractivity contribution in [2.24, 2.45) is 0 Å². The maximum Gasteiger partial charge on any atom is 0.137 e. The van der Waals surface area contributed by atoms with E-state index >= 15 is 0 Å². The fourth-order valence-corrected chi connectivity index (χ4v) is 2.28. The Morgan fingerprint density at radius 1 is 1.41 bits per heavy atom. The van der Waals surface area contributed by atoms with Crippen molar-refractivity contribution in [2.45, 2.75) is 33.2 Å². The summed E-state index contributed by atoms with van der Waals surface area (Å²) in [5.41, 5.74) is 0.849. The van der Waals surface area contributed by atoms with Crippen LogP contribution < -0.4 is 5.32 Å². The van der Waals surface area contributed by atoms with Crippen molar-refractivity contribution in [1.82, 2.24) is 9.97 Å². The molecule has 1 aromatic rings. The summed E-state index contributed by atoms with van der Waals surface area (Å²) in [6.07, 6.45) is 2.55. The second kappa shape index (κ2) is 6.31. The molecule has 0 aliphatic carbocycles. The predicted molar refractivity (Wildman–Crippen MR) is 73.2 cm³/mol. The first-order valence-corrected chi connectivity index (χ1v) is 7.58. The zero-order valence-electron chi connectivity index (χ0n) is 10.6. The van der Waals surface area contributed by atoms with Crippen LogP contribution in [-0.2, 0) is 10.8 Å². The third-order valence-electron chi connectivity index (χ3n) is 2.42. The molecule has 0 amide bonds. The summed E-state index contributed by atoms with van der Waals surface area (Å²) in [5, 5.41) is 3.76. The monoisotopic (exact) mass is 275 g/mol. The topological polar surface area (TPSA) is 54.9 Å². The summed E-state index contributed by atoms with van der Waals surface area (Å²) in [6.45, 7) is 5.73. The van der Waals surface area contributed by atoms with Crippen LogP contribution in [0.5, 0.6) is 0 Å². The van der Waals surface area contributed by atoms with Gasteiger partial charge in [0.1, 0.15) is 16.8 Å². The normalized spacial score (nSPS) is 14.4. The zero-order chi connectivity index (χ0) is 13.0. The minimum atomic E-state index is -0.757. The van der Waals surface area contributed by atoms with Crippen LogP contribution in [0.1, 0.15) is 24.7 Å². The molecule has 1 N–H and O–H groups in total. The first kappa shape index (κ1) is 14.4. The molecule has 0 fully saturated rings. The van der Waals surface area contributed by atoms with E-state index in [1.807, 2.05) is 20.8 Å². The van der Waals surface area contributed by atoms with Gasteiger partial charge in [0, 0.05) is 34.4 Å². The fraction of sp³-hybridized carbons (Fsp3) is 0.636. The van der Waals surface area contributed by atoms with Gasteiger partial charge in [-0.3, -0.25) is 4.21 Å². The highest BCUT2D eigenvalue weighted by molar-refractivity contribution is 7.84. The third-order valence-corrected chi connectivity index (χ3v) is 3.60. The molecule has 0 aromatic carbocycles. The largest absolute Gasteiger partial charge is 0.367 e. The van der Waals surface area contributed by atoms with E-state index in [2.05, 4.69) is 15.3 Å². The summed E-state index contributed by atoms with van der Waals surface area (Å²) >= 11 is 5.99. The molecule has 1 heterocycles. The van der Waals surface area contributed by atoms with Gasteiger partial charge >= 0.3 is 0 Å². The summed E-state index contributed by atoms with van der Waals surface area (Å²) in [7, 11) is -0.757. The molecular weight excluding hydrogens is 258 g/mol. The number of rotatable bonds is 5. The molecule has 0 aliphatic rings. The Morgan fingerprint density at radius 3 is 2.65 bits per heavy atom. The smallest absolute Gasteiger partial charge is 0.137 e. The molecule has 96 valence electrons. The van der Waals surface area contributed by atoms with Gasteiger partial charge in [-0.15, -0.1) is 0 Å². The van der Waals surface area contributed by atoms with Gasteiger partial charge in [0.15, 0.2) is 0 Å². The molecule has 4 nitrogen and oxygen atoms in total. The van der Waals surface area contributed by atoms with E-state index in [1.165, 1.54) is 0 Å². The molecular formula is C11H18ClN3OS. The van der Waals surface area contributed by atoms with E-state index in [9.17, 15) is 4.21 Å². The molecule has 0 saturated heterocycles. The quantitative estimate of drug-likeness (QED) is 0.838. The van der Waals surface area contributed by atoms with Crippen LogP contribution in [-0.4, -0.2) is 32.2 Å². The van der Waals surface area contributed by atoms with Crippen molar-refractivity contribution in [3.63, 3.8) is 0 Å². The van der Waals surface area contributed by atoms with Crippen molar-refractivity contribution < 1.29 is 4.21 Å². The van der Waals surface area contributed by atoms with E-state index in [-0.39, 0.29) is 6.04 Å². The summed E-state index contributed by atoms with van der Waals surface area (Å²) in [5.74, 6) is 2.09. The standard InChI is InChI=1S/C11H18ClN3OS/c1-7(5-6-17(4)16)13-11-8(2)10(12)14-9(3)15-11/h7H,5-6H2,1-4H3,(H,13,14,15). The second-order valence-corrected chi connectivity index (χ2v) is 6.06. The van der Waals surface area contributed by atoms with Crippen molar-refractivity contribution in [1.29, 1.82) is 0 Å². The number of hydrogen-bond acceptors (Lipinski definition) is 4. The van der Waals surface area contributed by atoms with Crippen LogP contribution in [0.15, 0.2) is 0 Å². The first-order valence-electron chi connectivity index (χ1n) is 5.47. The molecule has 17 heavy (non-hydrogen) atoms. The lowest BCUT2D eigenvalue weighted by atomic mass is 10.2. The van der Waals surface area contributed by atoms with E-state index in [1.54, 1.807) is 6.26 Å². The van der Waals surface area contributed by atoms with Gasteiger partial charge in [-0.2, -0.15) is 0 Å². The number of anilines is 1. The predicted octanol–water partition coefficient (Wildman–Crippen LogP) is 2.32. The lowest BCUT2D eigenvalue weighted by molar-refractivity contribution is 0.678. The molecule has 0 radical (unpaired) electrons. The van der Waals surface area contributed by atoms with Gasteiger partial charge in [-0.1, -0.05) is 11.6 Å². The number of aryl methyl sites for hydroxylation is 1. The fourth-order valence-electron chi connectivity index (χ4n) is 1.38. The van der Waals surface area contributed by atoms with Gasteiger partial charge < -0.3 is 5.32 Å². The number of aromatic nitrogens is 2. The van der Waals surface area contributed by atoms with Crippen LogP contribution in [0.2, 0.25) is 5.15 Å². The van der Waals surface area contributed by atoms with E-state index < -0.39 is 10.8 Å². The van der Waals surface area contributed by atoms with Crippen LogP contribution in [0.3, 0.4) is 0 Å². The Hall–Kier alpha value is -0.680. The highest BCUT2D eigenvalue weighted by atomic mass is 35.5. The minimum absolute atomic E-state index is 0.211. The Balaban J connectivity index is 2.71. The van der Waals surface area contributed by atoms with Crippen LogP contribution in [0.25, 0.3) is 0 Å². The molecule has 0 spiro atoms. The van der Waals surface area contributed by atoms with Crippen LogP contribution in [0, 0.1) is 13.8 Å². The first-order chi connectivity index (χ1) is 7.90. The lowest BCUT2D eigenvalue weighted by Gasteiger charge is -2.16. The Kier molecular flexibility index (Phi) is 5.33. The zero-order valence-corrected chi connectivity index (χ0v) is 12.2. The molecule has 2 unspecified atom stereocenters. The van der Waals surface area contributed by atoms with Gasteiger partial charge in [-0.05, 0) is 27.2 Å². The summed E-state index contributed by atoms with van der Waals surface area (Å²) in [4.78, 5) is 8.40. The molecule has 0 bridgehead atoms. The Morgan fingerprint density at radius 2 is 2.06 bits per heavy atom. The molecule has 6 heteroatoms. The van der Waals surface area contributed by atoms with E-state index in [0.29, 0.717) is 16.7 Å². The van der Waals surface area contributed by atoms with Gasteiger partial charge in [0.2, 0.25) is 0 Å². The summed E-state index contributed by atoms with van der Waals surface area (Å²) in [6, 6.07) is 0.211.